The molecule has 1 aliphatic rings. The van der Waals surface area contributed by atoms with Crippen LogP contribution in [0.3, 0.4) is 0 Å². The van der Waals surface area contributed by atoms with Crippen molar-refractivity contribution in [3.63, 3.8) is 0 Å². The van der Waals surface area contributed by atoms with Crippen molar-refractivity contribution in [1.29, 1.82) is 0 Å². The van der Waals surface area contributed by atoms with Crippen molar-refractivity contribution in [2.24, 2.45) is 0 Å². The van der Waals surface area contributed by atoms with Gasteiger partial charge in [-0.05, 0) is 59.6 Å². The summed E-state index contributed by atoms with van der Waals surface area (Å²) in [5, 5.41) is 4.19. The van der Waals surface area contributed by atoms with Gasteiger partial charge in [-0.3, -0.25) is 0 Å². The first-order valence-corrected chi connectivity index (χ1v) is 9.38. The van der Waals surface area contributed by atoms with Gasteiger partial charge in [0.05, 0.1) is 12.7 Å². The van der Waals surface area contributed by atoms with Crippen molar-refractivity contribution in [2.45, 2.75) is 32.3 Å². The van der Waals surface area contributed by atoms with Gasteiger partial charge in [0.15, 0.2) is 0 Å². The van der Waals surface area contributed by atoms with Crippen molar-refractivity contribution >= 4 is 15.9 Å². The maximum absolute atomic E-state index is 6.19. The Bertz CT molecular complexity index is 917. The highest BCUT2D eigenvalue weighted by Crippen LogP contribution is 2.39. The smallest absolute Gasteiger partial charge is 0.219 e. The van der Waals surface area contributed by atoms with Gasteiger partial charge < -0.3 is 14.2 Å². The lowest BCUT2D eigenvalue weighted by Crippen LogP contribution is -2.34. The molecule has 7 nitrogen and oxygen atoms in total. The monoisotopic (exact) mass is 430 g/mol. The second-order valence-electron chi connectivity index (χ2n) is 6.48. The number of ether oxygens (including phenoxy) is 3. The number of rotatable bonds is 5. The number of benzene rings is 1. The molecule has 2 aromatic heterocycles. The van der Waals surface area contributed by atoms with Crippen LogP contribution in [0, 0.1) is 6.92 Å². The molecule has 1 saturated heterocycles. The minimum atomic E-state index is -0.897. The Morgan fingerprint density at radius 1 is 1.33 bits per heavy atom. The van der Waals surface area contributed by atoms with E-state index in [0.717, 1.165) is 15.6 Å². The Morgan fingerprint density at radius 3 is 2.85 bits per heavy atom. The van der Waals surface area contributed by atoms with Gasteiger partial charge in [0.2, 0.25) is 11.7 Å². The van der Waals surface area contributed by atoms with Crippen LogP contribution in [0.4, 0.5) is 0 Å². The van der Waals surface area contributed by atoms with E-state index < -0.39 is 5.79 Å². The van der Waals surface area contributed by atoms with Crippen LogP contribution < -0.4 is 4.74 Å². The summed E-state index contributed by atoms with van der Waals surface area (Å²) in [5.74, 6) is 0.337. The van der Waals surface area contributed by atoms with Crippen molar-refractivity contribution < 1.29 is 14.2 Å². The maximum atomic E-state index is 6.19. The third-order valence-corrected chi connectivity index (χ3v) is 4.78. The fraction of sp³-hybridized carbons (Fsp3) is 0.316. The Hall–Kier alpha value is -2.29. The molecule has 0 aliphatic carbocycles. The van der Waals surface area contributed by atoms with Gasteiger partial charge in [-0.15, -0.1) is 0 Å². The Morgan fingerprint density at radius 2 is 2.22 bits per heavy atom. The van der Waals surface area contributed by atoms with Crippen LogP contribution in [-0.4, -0.2) is 32.5 Å². The summed E-state index contributed by atoms with van der Waals surface area (Å²) in [6.45, 7) is 4.95. The first-order valence-electron chi connectivity index (χ1n) is 8.59. The minimum Gasteiger partial charge on any atom is -0.439 e. The molecule has 0 N–H and O–H groups in total. The van der Waals surface area contributed by atoms with E-state index in [4.69, 9.17) is 14.2 Å². The summed E-state index contributed by atoms with van der Waals surface area (Å²) in [5.41, 5.74) is 1.94. The van der Waals surface area contributed by atoms with Crippen LogP contribution in [0.5, 0.6) is 11.6 Å². The van der Waals surface area contributed by atoms with Gasteiger partial charge in [-0.25, -0.2) is 14.6 Å². The van der Waals surface area contributed by atoms with Crippen LogP contribution in [0.1, 0.15) is 18.1 Å². The molecule has 0 radical (unpaired) electrons. The average molecular weight is 431 g/mol. The molecule has 4 rings (SSSR count). The lowest BCUT2D eigenvalue weighted by molar-refractivity contribution is -0.187. The number of halogens is 1. The Labute approximate surface area is 165 Å². The second kappa shape index (κ2) is 7.38. The molecule has 1 aromatic carbocycles. The van der Waals surface area contributed by atoms with E-state index in [2.05, 4.69) is 31.0 Å². The normalized spacial score (nSPS) is 22.1. The van der Waals surface area contributed by atoms with Crippen molar-refractivity contribution in [2.75, 3.05) is 6.61 Å². The molecule has 1 fully saturated rings. The lowest BCUT2D eigenvalue weighted by atomic mass is 9.99. The predicted octanol–water partition coefficient (Wildman–Crippen LogP) is 3.82. The molecule has 0 amide bonds. The summed E-state index contributed by atoms with van der Waals surface area (Å²) in [7, 11) is 0. The van der Waals surface area contributed by atoms with Gasteiger partial charge in [-0.2, -0.15) is 5.10 Å². The maximum Gasteiger partial charge on any atom is 0.219 e. The van der Waals surface area contributed by atoms with Crippen LogP contribution in [-0.2, 0) is 21.8 Å². The molecule has 2 unspecified atom stereocenters. The number of nitrogens with zero attached hydrogens (tertiary/aromatic N) is 4. The molecule has 3 aromatic rings. The zero-order valence-electron chi connectivity index (χ0n) is 15.0. The van der Waals surface area contributed by atoms with Crippen LogP contribution in [0.15, 0.2) is 53.7 Å². The largest absolute Gasteiger partial charge is 0.439 e. The molecule has 27 heavy (non-hydrogen) atoms. The van der Waals surface area contributed by atoms with Crippen molar-refractivity contribution in [3.8, 4) is 11.6 Å². The third kappa shape index (κ3) is 3.87. The van der Waals surface area contributed by atoms with Gasteiger partial charge >= 0.3 is 0 Å². The van der Waals surface area contributed by atoms with E-state index in [-0.39, 0.29) is 6.10 Å². The Balaban J connectivity index is 1.62. The molecule has 0 bridgehead atoms. The summed E-state index contributed by atoms with van der Waals surface area (Å²) in [6.07, 6.45) is 4.85. The molecular formula is C19H19BrN4O3. The zero-order valence-corrected chi connectivity index (χ0v) is 16.6. The first-order chi connectivity index (χ1) is 13.0. The number of aromatic nitrogens is 4. The molecule has 8 heteroatoms. The van der Waals surface area contributed by atoms with Crippen LogP contribution in [0.25, 0.3) is 0 Å². The molecule has 0 saturated carbocycles. The van der Waals surface area contributed by atoms with E-state index in [0.29, 0.717) is 24.8 Å². The summed E-state index contributed by atoms with van der Waals surface area (Å²) in [6, 6.07) is 9.52. The van der Waals surface area contributed by atoms with Crippen molar-refractivity contribution in [3.05, 3.63) is 64.8 Å². The van der Waals surface area contributed by atoms with Crippen molar-refractivity contribution in [1.82, 2.24) is 19.7 Å². The third-order valence-electron chi connectivity index (χ3n) is 4.31. The molecule has 140 valence electrons. The SMILES string of the molecule is Cc1cc(Oc2ccc(Br)cn2)ccc1C1(Cn2cncn2)OCC(C)O1. The first kappa shape index (κ1) is 18.1. The summed E-state index contributed by atoms with van der Waals surface area (Å²) in [4.78, 5) is 8.25. The van der Waals surface area contributed by atoms with Gasteiger partial charge in [0.25, 0.3) is 0 Å². The van der Waals surface area contributed by atoms with E-state index >= 15 is 0 Å². The van der Waals surface area contributed by atoms with Crippen LogP contribution in [0.2, 0.25) is 0 Å². The average Bonchev–Trinajstić information content (AvgIpc) is 3.28. The number of pyridine rings is 1. The standard InChI is InChI=1S/C19H19BrN4O3/c1-13-7-16(26-18-6-3-15(20)8-22-18)4-5-17(13)19(25-9-14(2)27-19)10-24-12-21-11-23-24/h3-8,11-12,14H,9-10H2,1-2H3. The molecule has 0 spiro atoms. The fourth-order valence-electron chi connectivity index (χ4n) is 3.15. The second-order valence-corrected chi connectivity index (χ2v) is 7.39. The van der Waals surface area contributed by atoms with Gasteiger partial charge in [0.1, 0.15) is 24.9 Å². The highest BCUT2D eigenvalue weighted by molar-refractivity contribution is 9.10. The topological polar surface area (TPSA) is 71.3 Å². The summed E-state index contributed by atoms with van der Waals surface area (Å²) >= 11 is 3.37. The lowest BCUT2D eigenvalue weighted by Gasteiger charge is -2.29. The number of hydrogen-bond acceptors (Lipinski definition) is 6. The van der Waals surface area contributed by atoms with E-state index in [1.807, 2.05) is 44.2 Å². The highest BCUT2D eigenvalue weighted by atomic mass is 79.9. The van der Waals surface area contributed by atoms with Gasteiger partial charge in [0, 0.05) is 22.3 Å². The van der Waals surface area contributed by atoms with E-state index in [1.54, 1.807) is 17.2 Å². The molecule has 1 aliphatic heterocycles. The zero-order chi connectivity index (χ0) is 18.9. The quantitative estimate of drug-likeness (QED) is 0.612. The minimum absolute atomic E-state index is 0.00388. The molecule has 3 heterocycles. The van der Waals surface area contributed by atoms with Gasteiger partial charge in [-0.1, -0.05) is 0 Å². The fourth-order valence-corrected chi connectivity index (χ4v) is 3.39. The predicted molar refractivity (Wildman–Crippen MR) is 101 cm³/mol. The Kier molecular flexibility index (Phi) is 4.94. The molecule has 2 atom stereocenters. The summed E-state index contributed by atoms with van der Waals surface area (Å²) < 4.78 is 20.8. The highest BCUT2D eigenvalue weighted by Gasteiger charge is 2.43. The number of hydrogen-bond donors (Lipinski definition) is 0. The van der Waals surface area contributed by atoms with Crippen LogP contribution >= 0.6 is 15.9 Å². The van der Waals surface area contributed by atoms with E-state index in [1.165, 1.54) is 6.33 Å². The number of aryl methyl sites for hydroxylation is 1. The molecular weight excluding hydrogens is 412 g/mol. The van der Waals surface area contributed by atoms with E-state index in [9.17, 15) is 0 Å².